The molecule has 5 rings (SSSR count). The van der Waals surface area contributed by atoms with Crippen molar-refractivity contribution in [3.63, 3.8) is 0 Å². The van der Waals surface area contributed by atoms with Gasteiger partial charge in [0.05, 0.1) is 44.6 Å². The zero-order valence-corrected chi connectivity index (χ0v) is 21.6. The molecule has 0 saturated carbocycles. The Bertz CT molecular complexity index is 1630. The summed E-state index contributed by atoms with van der Waals surface area (Å²) in [6.07, 6.45) is 0. The highest BCUT2D eigenvalue weighted by molar-refractivity contribution is 6.19. The average Bonchev–Trinajstić information content (AvgIpc) is 3.64. The third-order valence-corrected chi connectivity index (χ3v) is 7.07. The van der Waals surface area contributed by atoms with Gasteiger partial charge in [0.1, 0.15) is 16.9 Å². The second-order valence-corrected chi connectivity index (χ2v) is 8.92. The standard InChI is InChI=1S/C25H23ClN4O8/c1-35-18-6-11-5-14(27-20(11)23(37-3)22(18)36-2)24(31)29-10-12(9-26)19-13-7-15(25(32)38-4)28-21(13)17(30(33)34)8-16(19)29/h5-8,12,27-28H,9-10H2,1-4H3/t12-/m0/s1. The van der Waals surface area contributed by atoms with Gasteiger partial charge in [-0.25, -0.2) is 4.79 Å². The molecule has 2 aromatic heterocycles. The minimum absolute atomic E-state index is 0.0581. The van der Waals surface area contributed by atoms with Crippen molar-refractivity contribution in [2.24, 2.45) is 0 Å². The van der Waals surface area contributed by atoms with E-state index in [4.69, 9.17) is 30.5 Å². The Labute approximate surface area is 220 Å². The Morgan fingerprint density at radius 2 is 1.74 bits per heavy atom. The Kier molecular flexibility index (Phi) is 6.27. The van der Waals surface area contributed by atoms with E-state index in [0.717, 1.165) is 0 Å². The van der Waals surface area contributed by atoms with Gasteiger partial charge < -0.3 is 33.8 Å². The summed E-state index contributed by atoms with van der Waals surface area (Å²) in [5.74, 6) is -0.125. The maximum atomic E-state index is 13.8. The largest absolute Gasteiger partial charge is 0.493 e. The number of hydrogen-bond donors (Lipinski definition) is 2. The second-order valence-electron chi connectivity index (χ2n) is 8.61. The number of nitro benzene ring substituents is 1. The molecule has 198 valence electrons. The number of nitrogens with one attached hydrogen (secondary N) is 2. The van der Waals surface area contributed by atoms with Crippen molar-refractivity contribution < 1.29 is 33.5 Å². The Morgan fingerprint density at radius 3 is 2.34 bits per heavy atom. The highest BCUT2D eigenvalue weighted by Crippen LogP contribution is 2.47. The van der Waals surface area contributed by atoms with Gasteiger partial charge in [-0.2, -0.15) is 0 Å². The zero-order chi connectivity index (χ0) is 27.3. The number of alkyl halides is 1. The molecule has 0 radical (unpaired) electrons. The van der Waals surface area contributed by atoms with Crippen molar-refractivity contribution in [3.8, 4) is 17.2 Å². The minimum Gasteiger partial charge on any atom is -0.493 e. The van der Waals surface area contributed by atoms with Gasteiger partial charge in [0.25, 0.3) is 11.6 Å². The molecule has 0 saturated heterocycles. The highest BCUT2D eigenvalue weighted by Gasteiger charge is 2.38. The van der Waals surface area contributed by atoms with Crippen LogP contribution in [0.25, 0.3) is 21.8 Å². The van der Waals surface area contributed by atoms with Crippen molar-refractivity contribution in [1.82, 2.24) is 9.97 Å². The third kappa shape index (κ3) is 3.67. The predicted octanol–water partition coefficient (Wildman–Crippen LogP) is 4.35. The lowest BCUT2D eigenvalue weighted by Crippen LogP contribution is -2.30. The molecule has 1 aliphatic heterocycles. The predicted molar refractivity (Wildman–Crippen MR) is 139 cm³/mol. The lowest BCUT2D eigenvalue weighted by Gasteiger charge is -2.17. The molecule has 0 spiro atoms. The van der Waals surface area contributed by atoms with Gasteiger partial charge in [0.2, 0.25) is 5.75 Å². The van der Waals surface area contributed by atoms with Crippen LogP contribution in [0.2, 0.25) is 0 Å². The molecule has 3 heterocycles. The number of nitrogens with zero attached hydrogens (tertiary/aromatic N) is 2. The van der Waals surface area contributed by atoms with Crippen molar-refractivity contribution in [2.75, 3.05) is 45.8 Å². The molecule has 1 aliphatic rings. The fraction of sp³-hybridized carbons (Fsp3) is 0.280. The van der Waals surface area contributed by atoms with Crippen LogP contribution in [0.4, 0.5) is 11.4 Å². The number of methoxy groups -OCH3 is 4. The van der Waals surface area contributed by atoms with Crippen LogP contribution in [0, 0.1) is 10.1 Å². The van der Waals surface area contributed by atoms with E-state index >= 15 is 0 Å². The van der Waals surface area contributed by atoms with Crippen molar-refractivity contribution in [2.45, 2.75) is 5.92 Å². The Morgan fingerprint density at radius 1 is 1.03 bits per heavy atom. The number of H-pyrrole nitrogens is 2. The first-order valence-corrected chi connectivity index (χ1v) is 11.9. The van der Waals surface area contributed by atoms with E-state index in [1.807, 2.05) is 0 Å². The maximum absolute atomic E-state index is 13.8. The molecule has 0 bridgehead atoms. The number of amides is 1. The normalized spacial score (nSPS) is 14.6. The van der Waals surface area contributed by atoms with Crippen molar-refractivity contribution in [3.05, 3.63) is 51.3 Å². The van der Waals surface area contributed by atoms with Crippen LogP contribution >= 0.6 is 11.6 Å². The highest BCUT2D eigenvalue weighted by atomic mass is 35.5. The summed E-state index contributed by atoms with van der Waals surface area (Å²) in [4.78, 5) is 44.7. The summed E-state index contributed by atoms with van der Waals surface area (Å²) in [6.45, 7) is 0.186. The summed E-state index contributed by atoms with van der Waals surface area (Å²) in [7, 11) is 5.67. The monoisotopic (exact) mass is 542 g/mol. The van der Waals surface area contributed by atoms with E-state index in [9.17, 15) is 19.7 Å². The molecule has 1 atom stereocenters. The molecule has 38 heavy (non-hydrogen) atoms. The molecule has 2 aromatic carbocycles. The molecule has 2 N–H and O–H groups in total. The molecular formula is C25H23ClN4O8. The number of esters is 1. The van der Waals surface area contributed by atoms with Gasteiger partial charge in [-0.15, -0.1) is 11.6 Å². The van der Waals surface area contributed by atoms with Crippen LogP contribution in [0.3, 0.4) is 0 Å². The Balaban J connectivity index is 1.67. The molecule has 12 nitrogen and oxygen atoms in total. The number of fused-ring (bicyclic) bond motifs is 4. The summed E-state index contributed by atoms with van der Waals surface area (Å²) in [5.41, 5.74) is 1.66. The van der Waals surface area contributed by atoms with Gasteiger partial charge in [0, 0.05) is 35.2 Å². The summed E-state index contributed by atoms with van der Waals surface area (Å²) in [5, 5.41) is 13.0. The molecule has 4 aromatic rings. The number of ether oxygens (including phenoxy) is 4. The van der Waals surface area contributed by atoms with Gasteiger partial charge in [0.15, 0.2) is 11.5 Å². The minimum atomic E-state index is -0.671. The van der Waals surface area contributed by atoms with Gasteiger partial charge >= 0.3 is 5.97 Å². The van der Waals surface area contributed by atoms with E-state index in [2.05, 4.69) is 9.97 Å². The smallest absolute Gasteiger partial charge is 0.354 e. The molecule has 0 aliphatic carbocycles. The maximum Gasteiger partial charge on any atom is 0.354 e. The van der Waals surface area contributed by atoms with Crippen LogP contribution in [-0.4, -0.2) is 67.6 Å². The first-order valence-electron chi connectivity index (χ1n) is 11.4. The van der Waals surface area contributed by atoms with E-state index in [1.54, 1.807) is 12.1 Å². The summed E-state index contributed by atoms with van der Waals surface area (Å²) in [6, 6.07) is 6.18. The molecule has 0 fully saturated rings. The molecule has 13 heteroatoms. The number of halogens is 1. The summed E-state index contributed by atoms with van der Waals surface area (Å²) >= 11 is 6.30. The summed E-state index contributed by atoms with van der Waals surface area (Å²) < 4.78 is 21.1. The number of aromatic nitrogens is 2. The number of benzene rings is 2. The van der Waals surface area contributed by atoms with Crippen LogP contribution < -0.4 is 19.1 Å². The van der Waals surface area contributed by atoms with Gasteiger partial charge in [-0.1, -0.05) is 0 Å². The number of hydrogen-bond acceptors (Lipinski definition) is 8. The number of non-ortho nitro benzene ring substituents is 1. The zero-order valence-electron chi connectivity index (χ0n) is 20.8. The van der Waals surface area contributed by atoms with Crippen molar-refractivity contribution in [1.29, 1.82) is 0 Å². The topological polar surface area (TPSA) is 149 Å². The lowest BCUT2D eigenvalue weighted by atomic mass is 9.98. The lowest BCUT2D eigenvalue weighted by molar-refractivity contribution is -0.383. The SMILES string of the molecule is COC(=O)c1cc2c3c(cc([N+](=O)[O-])c2[nH]1)N(C(=O)c1cc2cc(OC)c(OC)c(OC)c2[nH]1)C[C@@H]3CCl. The molecule has 0 unspecified atom stereocenters. The third-order valence-electron chi connectivity index (χ3n) is 6.70. The fourth-order valence-corrected chi connectivity index (χ4v) is 5.29. The van der Waals surface area contributed by atoms with Crippen LogP contribution in [0.5, 0.6) is 17.2 Å². The number of rotatable bonds is 7. The average molecular weight is 543 g/mol. The van der Waals surface area contributed by atoms with Gasteiger partial charge in [-0.05, 0) is 23.8 Å². The fourth-order valence-electron chi connectivity index (χ4n) is 5.04. The molecule has 1 amide bonds. The number of nitro groups is 1. The quantitative estimate of drug-likeness (QED) is 0.151. The van der Waals surface area contributed by atoms with E-state index < -0.39 is 16.8 Å². The first kappa shape index (κ1) is 25.2. The number of carbonyl (C=O) groups is 2. The number of aromatic amines is 2. The second kappa shape index (κ2) is 9.45. The van der Waals surface area contributed by atoms with Crippen LogP contribution in [0.1, 0.15) is 32.5 Å². The van der Waals surface area contributed by atoms with Crippen LogP contribution in [0.15, 0.2) is 24.3 Å². The van der Waals surface area contributed by atoms with E-state index in [1.165, 1.54) is 45.5 Å². The van der Waals surface area contributed by atoms with Crippen LogP contribution in [-0.2, 0) is 4.74 Å². The van der Waals surface area contributed by atoms with Crippen molar-refractivity contribution >= 4 is 56.7 Å². The van der Waals surface area contributed by atoms with Gasteiger partial charge in [-0.3, -0.25) is 14.9 Å². The van der Waals surface area contributed by atoms with E-state index in [0.29, 0.717) is 44.8 Å². The molecular weight excluding hydrogens is 520 g/mol. The Hall–Kier alpha value is -4.45. The number of carbonyl (C=O) groups excluding carboxylic acids is 2. The number of anilines is 1. The first-order chi connectivity index (χ1) is 18.3. The van der Waals surface area contributed by atoms with E-state index in [-0.39, 0.29) is 40.9 Å².